The highest BCUT2D eigenvalue weighted by Gasteiger charge is 2.16. The number of furan rings is 1. The van der Waals surface area contributed by atoms with Gasteiger partial charge in [-0.05, 0) is 61.4 Å². The third-order valence-corrected chi connectivity index (χ3v) is 4.57. The van der Waals surface area contributed by atoms with Crippen LogP contribution in [-0.4, -0.2) is 24.1 Å². The molecule has 0 spiro atoms. The van der Waals surface area contributed by atoms with Gasteiger partial charge in [-0.2, -0.15) is 0 Å². The largest absolute Gasteiger partial charge is 0.488 e. The van der Waals surface area contributed by atoms with Crippen molar-refractivity contribution in [2.45, 2.75) is 13.8 Å². The van der Waals surface area contributed by atoms with Crippen molar-refractivity contribution in [3.63, 3.8) is 0 Å². The fraction of sp³-hybridized carbons (Fsp3) is 0.174. The van der Waals surface area contributed by atoms with E-state index in [4.69, 9.17) is 13.9 Å². The third-order valence-electron chi connectivity index (χ3n) is 4.57. The summed E-state index contributed by atoms with van der Waals surface area (Å²) in [6.07, 6.45) is 5.09. The highest BCUT2D eigenvalue weighted by Crippen LogP contribution is 2.37. The maximum Gasteiger partial charge on any atom is 0.325 e. The number of hydrogen-bond acceptors (Lipinski definition) is 4. The van der Waals surface area contributed by atoms with E-state index < -0.39 is 0 Å². The Bertz CT molecular complexity index is 1110. The summed E-state index contributed by atoms with van der Waals surface area (Å²) in [6.45, 7) is 8.42. The number of nitrogens with one attached hydrogen (secondary N) is 1. The van der Waals surface area contributed by atoms with Crippen LogP contribution in [0.4, 0.5) is 4.79 Å². The average Bonchev–Trinajstić information content (AvgIpc) is 3.14. The van der Waals surface area contributed by atoms with Crippen molar-refractivity contribution in [1.82, 2.24) is 10.2 Å². The number of rotatable bonds is 6. The molecule has 29 heavy (non-hydrogen) atoms. The van der Waals surface area contributed by atoms with Crippen molar-refractivity contribution in [3.8, 4) is 17.2 Å². The summed E-state index contributed by atoms with van der Waals surface area (Å²) in [5.41, 5.74) is 3.45. The summed E-state index contributed by atoms with van der Waals surface area (Å²) >= 11 is 0. The Morgan fingerprint density at radius 3 is 2.72 bits per heavy atom. The summed E-state index contributed by atoms with van der Waals surface area (Å²) in [5.74, 6) is 1.93. The number of urea groups is 1. The molecule has 1 aromatic heterocycles. The molecular weight excluding hydrogens is 368 g/mol. The first-order chi connectivity index (χ1) is 14.0. The van der Waals surface area contributed by atoms with E-state index in [2.05, 4.69) is 11.9 Å². The molecule has 0 saturated heterocycles. The Hall–Kier alpha value is -3.67. The van der Waals surface area contributed by atoms with E-state index >= 15 is 0 Å². The van der Waals surface area contributed by atoms with Gasteiger partial charge >= 0.3 is 6.03 Å². The molecule has 0 bridgehead atoms. The van der Waals surface area contributed by atoms with Gasteiger partial charge in [0.1, 0.15) is 17.9 Å². The van der Waals surface area contributed by atoms with Crippen LogP contribution in [0, 0.1) is 13.8 Å². The predicted molar refractivity (Wildman–Crippen MR) is 111 cm³/mol. The fourth-order valence-corrected chi connectivity index (χ4v) is 3.11. The second kappa shape index (κ2) is 7.75. The first kappa shape index (κ1) is 18.7. The minimum atomic E-state index is -0.219. The standard InChI is InChI=1S/C23H22N2O4/c1-15-4-5-19(29-21-14-16(2)13-20-18(21)7-10-27-20)22(12-15)28-11-9-25-8-6-17(3)24-23(25)26/h4-8,10,12-14H,3,9,11H2,1-2H3,(H,24,26). The highest BCUT2D eigenvalue weighted by atomic mass is 16.5. The van der Waals surface area contributed by atoms with Crippen LogP contribution in [0.1, 0.15) is 11.1 Å². The lowest BCUT2D eigenvalue weighted by molar-refractivity contribution is 0.203. The Morgan fingerprint density at radius 1 is 1.07 bits per heavy atom. The summed E-state index contributed by atoms with van der Waals surface area (Å²) < 4.78 is 17.7. The molecule has 4 rings (SSSR count). The molecule has 0 unspecified atom stereocenters. The lowest BCUT2D eigenvalue weighted by Crippen LogP contribution is -2.40. The normalized spacial score (nSPS) is 13.7. The van der Waals surface area contributed by atoms with Crippen LogP contribution in [0.2, 0.25) is 0 Å². The van der Waals surface area contributed by atoms with Gasteiger partial charge in [-0.1, -0.05) is 12.6 Å². The first-order valence-electron chi connectivity index (χ1n) is 9.33. The molecule has 2 aromatic carbocycles. The van der Waals surface area contributed by atoms with Crippen LogP contribution in [0.5, 0.6) is 17.2 Å². The molecule has 1 N–H and O–H groups in total. The van der Waals surface area contributed by atoms with Gasteiger partial charge in [-0.25, -0.2) is 4.79 Å². The zero-order chi connectivity index (χ0) is 20.4. The Labute approximate surface area is 169 Å². The molecular formula is C23H22N2O4. The second-order valence-electron chi connectivity index (χ2n) is 6.96. The predicted octanol–water partition coefficient (Wildman–Crippen LogP) is 5.27. The van der Waals surface area contributed by atoms with Crippen LogP contribution in [0.3, 0.4) is 0 Å². The molecule has 0 fully saturated rings. The fourth-order valence-electron chi connectivity index (χ4n) is 3.11. The number of carbonyl (C=O) groups is 1. The molecule has 1 aliphatic rings. The van der Waals surface area contributed by atoms with Gasteiger partial charge in [0.25, 0.3) is 0 Å². The van der Waals surface area contributed by atoms with E-state index in [0.29, 0.717) is 36.1 Å². The molecule has 148 valence electrons. The summed E-state index contributed by atoms with van der Waals surface area (Å²) in [4.78, 5) is 13.5. The minimum Gasteiger partial charge on any atom is -0.488 e. The number of amides is 2. The van der Waals surface area contributed by atoms with Gasteiger partial charge < -0.3 is 19.2 Å². The van der Waals surface area contributed by atoms with Gasteiger partial charge in [0.15, 0.2) is 11.5 Å². The van der Waals surface area contributed by atoms with Crippen molar-refractivity contribution in [2.75, 3.05) is 13.2 Å². The zero-order valence-electron chi connectivity index (χ0n) is 16.4. The molecule has 0 saturated carbocycles. The summed E-state index contributed by atoms with van der Waals surface area (Å²) in [6, 6.07) is 11.4. The van der Waals surface area contributed by atoms with Crippen molar-refractivity contribution in [3.05, 3.63) is 78.3 Å². The van der Waals surface area contributed by atoms with Crippen LogP contribution in [0.15, 0.2) is 71.6 Å². The number of nitrogens with zero attached hydrogens (tertiary/aromatic N) is 1. The number of fused-ring (bicyclic) bond motifs is 1. The molecule has 6 heteroatoms. The number of hydrogen-bond donors (Lipinski definition) is 1. The van der Waals surface area contributed by atoms with E-state index in [1.54, 1.807) is 23.4 Å². The number of ether oxygens (including phenoxy) is 2. The van der Waals surface area contributed by atoms with E-state index in [1.165, 1.54) is 0 Å². The minimum absolute atomic E-state index is 0.219. The lowest BCUT2D eigenvalue weighted by atomic mass is 10.1. The SMILES string of the molecule is C=C1C=CN(CCOc2cc(C)ccc2Oc2cc(C)cc3occc23)C(=O)N1. The smallest absolute Gasteiger partial charge is 0.325 e. The van der Waals surface area contributed by atoms with E-state index in [0.717, 1.165) is 22.1 Å². The average molecular weight is 390 g/mol. The molecule has 0 atom stereocenters. The van der Waals surface area contributed by atoms with Crippen LogP contribution in [0.25, 0.3) is 11.0 Å². The maximum atomic E-state index is 12.0. The molecule has 6 nitrogen and oxygen atoms in total. The van der Waals surface area contributed by atoms with Crippen molar-refractivity contribution < 1.29 is 18.7 Å². The number of benzene rings is 2. The first-order valence-corrected chi connectivity index (χ1v) is 9.33. The second-order valence-corrected chi connectivity index (χ2v) is 6.96. The molecule has 3 aromatic rings. The number of aryl methyl sites for hydroxylation is 2. The van der Waals surface area contributed by atoms with Gasteiger partial charge in [-0.3, -0.25) is 4.90 Å². The Kier molecular flexibility index (Phi) is 4.99. The molecule has 2 amide bonds. The quantitative estimate of drug-likeness (QED) is 0.622. The van der Waals surface area contributed by atoms with E-state index in [9.17, 15) is 4.79 Å². The number of carbonyl (C=O) groups excluding carboxylic acids is 1. The Balaban J connectivity index is 1.52. The molecule has 2 heterocycles. The van der Waals surface area contributed by atoms with E-state index in [1.807, 2.05) is 50.2 Å². The Morgan fingerprint density at radius 2 is 1.90 bits per heavy atom. The van der Waals surface area contributed by atoms with Crippen molar-refractivity contribution in [2.24, 2.45) is 0 Å². The molecule has 1 aliphatic heterocycles. The maximum absolute atomic E-state index is 12.0. The van der Waals surface area contributed by atoms with Gasteiger partial charge in [0.05, 0.1) is 18.2 Å². The topological polar surface area (TPSA) is 63.9 Å². The zero-order valence-corrected chi connectivity index (χ0v) is 16.4. The van der Waals surface area contributed by atoms with Crippen LogP contribution >= 0.6 is 0 Å². The summed E-state index contributed by atoms with van der Waals surface area (Å²) in [7, 11) is 0. The molecule has 0 radical (unpaired) electrons. The lowest BCUT2D eigenvalue weighted by Gasteiger charge is -2.23. The van der Waals surface area contributed by atoms with Gasteiger partial charge in [-0.15, -0.1) is 0 Å². The molecule has 0 aliphatic carbocycles. The van der Waals surface area contributed by atoms with E-state index in [-0.39, 0.29) is 6.03 Å². The van der Waals surface area contributed by atoms with Crippen LogP contribution < -0.4 is 14.8 Å². The van der Waals surface area contributed by atoms with Crippen molar-refractivity contribution >= 4 is 17.0 Å². The summed E-state index contributed by atoms with van der Waals surface area (Å²) in [5, 5.41) is 3.57. The third kappa shape index (κ3) is 4.11. The monoisotopic (exact) mass is 390 g/mol. The number of allylic oxidation sites excluding steroid dienone is 1. The van der Waals surface area contributed by atoms with Crippen LogP contribution in [-0.2, 0) is 0 Å². The highest BCUT2D eigenvalue weighted by molar-refractivity contribution is 5.85. The van der Waals surface area contributed by atoms with Gasteiger partial charge in [0.2, 0.25) is 0 Å². The van der Waals surface area contributed by atoms with Crippen molar-refractivity contribution in [1.29, 1.82) is 0 Å². The van der Waals surface area contributed by atoms with Gasteiger partial charge in [0, 0.05) is 11.9 Å².